The summed E-state index contributed by atoms with van der Waals surface area (Å²) in [6.07, 6.45) is 3.57. The van der Waals surface area contributed by atoms with Crippen LogP contribution < -0.4 is 14.2 Å². The van der Waals surface area contributed by atoms with Gasteiger partial charge in [0.2, 0.25) is 5.91 Å². The molecule has 2 aliphatic rings. The van der Waals surface area contributed by atoms with E-state index in [0.29, 0.717) is 24.1 Å². The lowest BCUT2D eigenvalue weighted by Crippen LogP contribution is -2.32. The van der Waals surface area contributed by atoms with Gasteiger partial charge in [-0.25, -0.2) is 0 Å². The van der Waals surface area contributed by atoms with Crippen molar-refractivity contribution >= 4 is 17.7 Å². The van der Waals surface area contributed by atoms with Crippen molar-refractivity contribution in [2.45, 2.75) is 24.0 Å². The lowest BCUT2D eigenvalue weighted by molar-refractivity contribution is -0.129. The maximum absolute atomic E-state index is 13.1. The first-order valence-electron chi connectivity index (χ1n) is 10.6. The average molecular weight is 453 g/mol. The van der Waals surface area contributed by atoms with E-state index < -0.39 is 0 Å². The smallest absolute Gasteiger partial charge is 0.233 e. The Morgan fingerprint density at radius 3 is 2.94 bits per heavy atom. The van der Waals surface area contributed by atoms with Crippen LogP contribution in [0.5, 0.6) is 17.2 Å². The van der Waals surface area contributed by atoms with E-state index in [9.17, 15) is 4.79 Å². The number of nitrogens with zero attached hydrogens (tertiary/aromatic N) is 4. The Labute approximate surface area is 190 Å². The topological polar surface area (TPSA) is 78.7 Å². The number of benzene rings is 2. The number of carbonyl (C=O) groups excluding carboxylic acids is 1. The first-order chi connectivity index (χ1) is 15.7. The van der Waals surface area contributed by atoms with Gasteiger partial charge in [-0.2, -0.15) is 0 Å². The van der Waals surface area contributed by atoms with Crippen LogP contribution in [0.4, 0.5) is 0 Å². The summed E-state index contributed by atoms with van der Waals surface area (Å²) in [7, 11) is 1.63. The van der Waals surface area contributed by atoms with E-state index >= 15 is 0 Å². The number of hydrogen-bond acceptors (Lipinski definition) is 7. The molecule has 3 aromatic rings. The van der Waals surface area contributed by atoms with Gasteiger partial charge < -0.3 is 19.1 Å². The van der Waals surface area contributed by atoms with Gasteiger partial charge in [0.25, 0.3) is 0 Å². The normalized spacial score (nSPS) is 17.4. The zero-order valence-corrected chi connectivity index (χ0v) is 18.6. The number of amides is 1. The van der Waals surface area contributed by atoms with Crippen molar-refractivity contribution in [2.24, 2.45) is 0 Å². The fourth-order valence-corrected chi connectivity index (χ4v) is 4.96. The first-order valence-corrected chi connectivity index (χ1v) is 11.6. The molecular formula is C23H24N4O4S. The predicted octanol–water partition coefficient (Wildman–Crippen LogP) is 3.50. The number of ether oxygens (including phenoxy) is 3. The number of hydrogen-bond donors (Lipinski definition) is 0. The Morgan fingerprint density at radius 1 is 1.19 bits per heavy atom. The van der Waals surface area contributed by atoms with Crippen LogP contribution in [0.15, 0.2) is 53.9 Å². The van der Waals surface area contributed by atoms with Gasteiger partial charge in [-0.05, 0) is 42.7 Å². The third-order valence-electron chi connectivity index (χ3n) is 5.70. The molecule has 0 aliphatic carbocycles. The zero-order chi connectivity index (χ0) is 21.9. The number of aromatic nitrogens is 3. The molecule has 2 aliphatic heterocycles. The van der Waals surface area contributed by atoms with Crippen LogP contribution in [0.3, 0.4) is 0 Å². The molecule has 0 spiro atoms. The lowest BCUT2D eigenvalue weighted by atomic mass is 10.0. The SMILES string of the molecule is COc1cccc(-n2cnnc2SCC(=O)N2CCC[C@@H]2c2ccc3c(c2)OCCO3)c1. The minimum atomic E-state index is 0.0511. The molecule has 8 nitrogen and oxygen atoms in total. The predicted molar refractivity (Wildman–Crippen MR) is 120 cm³/mol. The van der Waals surface area contributed by atoms with E-state index in [0.717, 1.165) is 47.9 Å². The monoisotopic (exact) mass is 452 g/mol. The van der Waals surface area contributed by atoms with Crippen LogP contribution in [-0.4, -0.2) is 58.2 Å². The van der Waals surface area contributed by atoms with Gasteiger partial charge in [0.15, 0.2) is 16.7 Å². The van der Waals surface area contributed by atoms with Crippen LogP contribution in [-0.2, 0) is 4.79 Å². The summed E-state index contributed by atoms with van der Waals surface area (Å²) in [6, 6.07) is 13.7. The number of fused-ring (bicyclic) bond motifs is 1. The quantitative estimate of drug-likeness (QED) is 0.530. The largest absolute Gasteiger partial charge is 0.497 e. The highest BCUT2D eigenvalue weighted by molar-refractivity contribution is 7.99. The number of methoxy groups -OCH3 is 1. The molecule has 1 atom stereocenters. The van der Waals surface area contributed by atoms with Gasteiger partial charge in [0.1, 0.15) is 25.3 Å². The van der Waals surface area contributed by atoms with E-state index in [-0.39, 0.29) is 11.9 Å². The van der Waals surface area contributed by atoms with Crippen molar-refractivity contribution in [1.82, 2.24) is 19.7 Å². The van der Waals surface area contributed by atoms with Crippen molar-refractivity contribution in [3.63, 3.8) is 0 Å². The molecule has 166 valence electrons. The second kappa shape index (κ2) is 9.12. The van der Waals surface area contributed by atoms with Gasteiger partial charge in [0.05, 0.1) is 24.6 Å². The van der Waals surface area contributed by atoms with E-state index in [1.165, 1.54) is 11.8 Å². The number of thioether (sulfide) groups is 1. The van der Waals surface area contributed by atoms with E-state index in [4.69, 9.17) is 14.2 Å². The van der Waals surface area contributed by atoms with E-state index in [1.807, 2.05) is 51.9 Å². The summed E-state index contributed by atoms with van der Waals surface area (Å²) in [4.78, 5) is 15.1. The van der Waals surface area contributed by atoms with Crippen molar-refractivity contribution in [3.05, 3.63) is 54.4 Å². The minimum Gasteiger partial charge on any atom is -0.497 e. The third kappa shape index (κ3) is 4.12. The molecule has 2 aromatic carbocycles. The van der Waals surface area contributed by atoms with Crippen molar-refractivity contribution in [2.75, 3.05) is 32.6 Å². The Hall–Kier alpha value is -3.20. The van der Waals surface area contributed by atoms with Gasteiger partial charge in [-0.1, -0.05) is 23.9 Å². The fourth-order valence-electron chi connectivity index (χ4n) is 4.15. The highest BCUT2D eigenvalue weighted by Crippen LogP contribution is 2.38. The van der Waals surface area contributed by atoms with Crippen molar-refractivity contribution < 1.29 is 19.0 Å². The Morgan fingerprint density at radius 2 is 2.06 bits per heavy atom. The number of rotatable bonds is 6. The van der Waals surface area contributed by atoms with Crippen LogP contribution in [0.25, 0.3) is 5.69 Å². The average Bonchev–Trinajstić information content (AvgIpc) is 3.52. The number of likely N-dealkylation sites (tertiary alicyclic amines) is 1. The molecule has 0 radical (unpaired) electrons. The molecule has 0 N–H and O–H groups in total. The summed E-state index contributed by atoms with van der Waals surface area (Å²) >= 11 is 1.39. The maximum atomic E-state index is 13.1. The maximum Gasteiger partial charge on any atom is 0.233 e. The molecule has 0 saturated carbocycles. The van der Waals surface area contributed by atoms with E-state index in [2.05, 4.69) is 10.2 Å². The molecular weight excluding hydrogens is 428 g/mol. The van der Waals surface area contributed by atoms with E-state index in [1.54, 1.807) is 13.4 Å². The van der Waals surface area contributed by atoms with Crippen molar-refractivity contribution in [1.29, 1.82) is 0 Å². The van der Waals surface area contributed by atoms with Crippen LogP contribution in [0.1, 0.15) is 24.4 Å². The first kappa shape index (κ1) is 20.7. The summed E-state index contributed by atoms with van der Waals surface area (Å²) in [6.45, 7) is 1.87. The molecule has 0 unspecified atom stereocenters. The standard InChI is InChI=1S/C23H24N4O4S/c1-29-18-5-2-4-17(13-18)27-15-24-25-23(27)32-14-22(28)26-9-3-6-19(26)16-7-8-20-21(12-16)31-11-10-30-20/h2,4-5,7-8,12-13,15,19H,3,6,9-11,14H2,1H3/t19-/m1/s1. The summed E-state index contributed by atoms with van der Waals surface area (Å²) < 4.78 is 18.5. The molecule has 5 rings (SSSR count). The Kier molecular flexibility index (Phi) is 5.89. The van der Waals surface area contributed by atoms with Crippen molar-refractivity contribution in [3.8, 4) is 22.9 Å². The molecule has 3 heterocycles. The van der Waals surface area contributed by atoms with Gasteiger partial charge in [-0.15, -0.1) is 10.2 Å². The Balaban J connectivity index is 1.28. The lowest BCUT2D eigenvalue weighted by Gasteiger charge is -2.26. The van der Waals surface area contributed by atoms with Gasteiger partial charge >= 0.3 is 0 Å². The van der Waals surface area contributed by atoms with Gasteiger partial charge in [0, 0.05) is 12.6 Å². The zero-order valence-electron chi connectivity index (χ0n) is 17.8. The second-order valence-corrected chi connectivity index (χ2v) is 8.56. The fraction of sp³-hybridized carbons (Fsp3) is 0.348. The minimum absolute atomic E-state index is 0.0511. The highest BCUT2D eigenvalue weighted by atomic mass is 32.2. The molecule has 1 amide bonds. The summed E-state index contributed by atoms with van der Waals surface area (Å²) in [5, 5.41) is 8.91. The Bertz CT molecular complexity index is 1120. The second-order valence-electron chi connectivity index (χ2n) is 7.62. The molecule has 1 fully saturated rings. The molecule has 0 bridgehead atoms. The van der Waals surface area contributed by atoms with Crippen LogP contribution in [0, 0.1) is 0 Å². The summed E-state index contributed by atoms with van der Waals surface area (Å²) in [5.74, 6) is 2.66. The summed E-state index contributed by atoms with van der Waals surface area (Å²) in [5.41, 5.74) is 1.98. The molecule has 32 heavy (non-hydrogen) atoms. The third-order valence-corrected chi connectivity index (χ3v) is 6.62. The highest BCUT2D eigenvalue weighted by Gasteiger charge is 2.31. The molecule has 1 aromatic heterocycles. The molecule has 1 saturated heterocycles. The van der Waals surface area contributed by atoms with Gasteiger partial charge in [-0.3, -0.25) is 9.36 Å². The van der Waals surface area contributed by atoms with Crippen LogP contribution >= 0.6 is 11.8 Å². The van der Waals surface area contributed by atoms with Crippen LogP contribution in [0.2, 0.25) is 0 Å². The molecule has 9 heteroatoms. The number of carbonyl (C=O) groups is 1.